The first kappa shape index (κ1) is 15.8. The molecule has 3 rings (SSSR count). The molecule has 1 aromatic rings. The van der Waals surface area contributed by atoms with Crippen LogP contribution in [-0.4, -0.2) is 44.5 Å². The SMILES string of the molecule is C=CCOC(=O)[C@@H]1N2C(=O)/C(=C\c3ccccn3)[C@H]2SC1(C)C. The Hall–Kier alpha value is -2.08. The van der Waals surface area contributed by atoms with Gasteiger partial charge in [-0.1, -0.05) is 18.7 Å². The fraction of sp³-hybridized carbons (Fsp3) is 0.353. The van der Waals surface area contributed by atoms with Crippen molar-refractivity contribution in [2.75, 3.05) is 6.61 Å². The molecular formula is C17H18N2O3S. The van der Waals surface area contributed by atoms with Gasteiger partial charge in [0.1, 0.15) is 18.0 Å². The number of fused-ring (bicyclic) bond motifs is 1. The zero-order valence-electron chi connectivity index (χ0n) is 13.1. The first-order chi connectivity index (χ1) is 11.0. The van der Waals surface area contributed by atoms with Crippen molar-refractivity contribution in [3.8, 4) is 0 Å². The van der Waals surface area contributed by atoms with Crippen LogP contribution >= 0.6 is 11.8 Å². The molecule has 0 N–H and O–H groups in total. The summed E-state index contributed by atoms with van der Waals surface area (Å²) in [7, 11) is 0. The molecule has 0 spiro atoms. The number of hydrogen-bond donors (Lipinski definition) is 0. The fourth-order valence-corrected chi connectivity index (χ4v) is 4.42. The van der Waals surface area contributed by atoms with Crippen LogP contribution in [0.4, 0.5) is 0 Å². The highest BCUT2D eigenvalue weighted by atomic mass is 32.2. The van der Waals surface area contributed by atoms with E-state index in [-0.39, 0.29) is 23.9 Å². The molecule has 0 radical (unpaired) electrons. The van der Waals surface area contributed by atoms with Gasteiger partial charge >= 0.3 is 5.97 Å². The average Bonchev–Trinajstić information content (AvgIpc) is 2.79. The number of pyridine rings is 1. The van der Waals surface area contributed by atoms with Crippen molar-refractivity contribution < 1.29 is 14.3 Å². The van der Waals surface area contributed by atoms with Gasteiger partial charge in [0.2, 0.25) is 0 Å². The monoisotopic (exact) mass is 330 g/mol. The number of ether oxygens (including phenoxy) is 1. The molecule has 6 heteroatoms. The summed E-state index contributed by atoms with van der Waals surface area (Å²) in [6, 6.07) is 4.98. The van der Waals surface area contributed by atoms with E-state index in [9.17, 15) is 9.59 Å². The Morgan fingerprint density at radius 2 is 2.30 bits per heavy atom. The van der Waals surface area contributed by atoms with Gasteiger partial charge in [-0.05, 0) is 32.1 Å². The Morgan fingerprint density at radius 3 is 2.96 bits per heavy atom. The molecular weight excluding hydrogens is 312 g/mol. The number of thioether (sulfide) groups is 1. The van der Waals surface area contributed by atoms with Crippen LogP contribution in [-0.2, 0) is 14.3 Å². The van der Waals surface area contributed by atoms with Crippen molar-refractivity contribution in [3.63, 3.8) is 0 Å². The third-order valence-corrected chi connectivity index (χ3v) is 5.45. The molecule has 0 unspecified atom stereocenters. The molecule has 3 heterocycles. The molecule has 23 heavy (non-hydrogen) atoms. The van der Waals surface area contributed by atoms with E-state index >= 15 is 0 Å². The lowest BCUT2D eigenvalue weighted by molar-refractivity contribution is -0.156. The molecule has 0 aromatic carbocycles. The minimum Gasteiger partial charge on any atom is -0.460 e. The van der Waals surface area contributed by atoms with Crippen LogP contribution in [0.2, 0.25) is 0 Å². The van der Waals surface area contributed by atoms with E-state index < -0.39 is 10.8 Å². The minimum absolute atomic E-state index is 0.124. The molecule has 120 valence electrons. The van der Waals surface area contributed by atoms with Crippen LogP contribution < -0.4 is 0 Å². The topological polar surface area (TPSA) is 59.5 Å². The second-order valence-electron chi connectivity index (χ2n) is 5.96. The van der Waals surface area contributed by atoms with Gasteiger partial charge in [0.15, 0.2) is 0 Å². The Kier molecular flexibility index (Phi) is 4.02. The maximum atomic E-state index is 12.5. The number of esters is 1. The van der Waals surface area contributed by atoms with Crippen molar-refractivity contribution in [1.82, 2.24) is 9.88 Å². The summed E-state index contributed by atoms with van der Waals surface area (Å²) >= 11 is 1.60. The zero-order valence-corrected chi connectivity index (χ0v) is 13.9. The molecule has 2 fully saturated rings. The van der Waals surface area contributed by atoms with E-state index in [1.54, 1.807) is 28.9 Å². The van der Waals surface area contributed by atoms with Crippen LogP contribution in [0.1, 0.15) is 19.5 Å². The lowest BCUT2D eigenvalue weighted by Gasteiger charge is -2.39. The van der Waals surface area contributed by atoms with Crippen molar-refractivity contribution in [2.24, 2.45) is 0 Å². The van der Waals surface area contributed by atoms with Crippen LogP contribution in [0.15, 0.2) is 42.6 Å². The summed E-state index contributed by atoms with van der Waals surface area (Å²) in [6.45, 7) is 7.61. The first-order valence-electron chi connectivity index (χ1n) is 7.36. The molecule has 0 saturated carbocycles. The van der Waals surface area contributed by atoms with Crippen molar-refractivity contribution in [1.29, 1.82) is 0 Å². The number of hydrogen-bond acceptors (Lipinski definition) is 5. The molecule has 0 aliphatic carbocycles. The van der Waals surface area contributed by atoms with Crippen molar-refractivity contribution in [2.45, 2.75) is 30.0 Å². The minimum atomic E-state index is -0.578. The van der Waals surface area contributed by atoms with E-state index in [1.807, 2.05) is 32.0 Å². The summed E-state index contributed by atoms with van der Waals surface area (Å²) in [5, 5.41) is -0.124. The van der Waals surface area contributed by atoms with Crippen molar-refractivity contribution >= 4 is 29.7 Å². The second-order valence-corrected chi connectivity index (χ2v) is 7.70. The highest BCUT2D eigenvalue weighted by Crippen LogP contribution is 2.53. The van der Waals surface area contributed by atoms with E-state index in [0.29, 0.717) is 5.57 Å². The summed E-state index contributed by atoms with van der Waals surface area (Å²) < 4.78 is 4.76. The highest BCUT2D eigenvalue weighted by molar-refractivity contribution is 8.01. The smallest absolute Gasteiger partial charge is 0.330 e. The fourth-order valence-electron chi connectivity index (χ4n) is 2.88. The predicted octanol–water partition coefficient (Wildman–Crippen LogP) is 2.26. The van der Waals surface area contributed by atoms with Crippen LogP contribution in [0.5, 0.6) is 0 Å². The first-order valence-corrected chi connectivity index (χ1v) is 8.24. The van der Waals surface area contributed by atoms with Gasteiger partial charge in [0.25, 0.3) is 5.91 Å². The molecule has 2 atom stereocenters. The lowest BCUT2D eigenvalue weighted by Crippen LogP contribution is -2.58. The van der Waals surface area contributed by atoms with E-state index in [0.717, 1.165) is 5.69 Å². The van der Waals surface area contributed by atoms with Gasteiger partial charge < -0.3 is 9.64 Å². The standard InChI is InChI=1S/C17H18N2O3S/c1-4-9-22-16(21)13-17(2,3)23-15-12(14(20)19(13)15)10-11-7-5-6-8-18-11/h4-8,10,13,15H,1,9H2,2-3H3/b12-10+/t13-,15+/m0/s1. The summed E-state index contributed by atoms with van der Waals surface area (Å²) in [5.41, 5.74) is 1.42. The van der Waals surface area contributed by atoms with Gasteiger partial charge in [-0.3, -0.25) is 9.78 Å². The number of nitrogens with zero attached hydrogens (tertiary/aromatic N) is 2. The molecule has 0 bridgehead atoms. The molecule has 2 aliphatic heterocycles. The van der Waals surface area contributed by atoms with E-state index in [1.165, 1.54) is 6.08 Å². The molecule has 5 nitrogen and oxygen atoms in total. The quantitative estimate of drug-likeness (QED) is 0.367. The summed E-state index contributed by atoms with van der Waals surface area (Å²) in [5.74, 6) is -0.505. The number of carbonyl (C=O) groups excluding carboxylic acids is 2. The maximum Gasteiger partial charge on any atom is 0.330 e. The average molecular weight is 330 g/mol. The number of aromatic nitrogens is 1. The third kappa shape index (κ3) is 2.67. The van der Waals surface area contributed by atoms with E-state index in [4.69, 9.17) is 4.74 Å². The molecule has 1 aromatic heterocycles. The Balaban J connectivity index is 1.84. The Morgan fingerprint density at radius 1 is 1.52 bits per heavy atom. The van der Waals surface area contributed by atoms with Gasteiger partial charge in [0.05, 0.1) is 11.3 Å². The number of amides is 1. The van der Waals surface area contributed by atoms with Gasteiger partial charge in [0, 0.05) is 10.9 Å². The molecule has 2 saturated heterocycles. The van der Waals surface area contributed by atoms with Crippen LogP contribution in [0.3, 0.4) is 0 Å². The summed E-state index contributed by atoms with van der Waals surface area (Å²) in [4.78, 5) is 30.7. The maximum absolute atomic E-state index is 12.5. The van der Waals surface area contributed by atoms with E-state index in [2.05, 4.69) is 11.6 Å². The Bertz CT molecular complexity index is 684. The number of rotatable bonds is 4. The molecule has 1 amide bonds. The van der Waals surface area contributed by atoms with Gasteiger partial charge in [-0.15, -0.1) is 11.8 Å². The number of β-lactam (4-membered cyclic amide) rings is 1. The molecule has 2 aliphatic rings. The third-order valence-electron chi connectivity index (χ3n) is 3.91. The van der Waals surface area contributed by atoms with Crippen LogP contribution in [0, 0.1) is 0 Å². The predicted molar refractivity (Wildman–Crippen MR) is 89.5 cm³/mol. The van der Waals surface area contributed by atoms with Gasteiger partial charge in [-0.2, -0.15) is 0 Å². The highest BCUT2D eigenvalue weighted by Gasteiger charge is 2.61. The van der Waals surface area contributed by atoms with Crippen LogP contribution in [0.25, 0.3) is 6.08 Å². The van der Waals surface area contributed by atoms with Gasteiger partial charge in [-0.25, -0.2) is 4.79 Å². The van der Waals surface area contributed by atoms with Crippen molar-refractivity contribution in [3.05, 3.63) is 48.3 Å². The summed E-state index contributed by atoms with van der Waals surface area (Å²) in [6.07, 6.45) is 5.01. The zero-order chi connectivity index (χ0) is 16.6. The number of carbonyl (C=O) groups is 2. The second kappa shape index (κ2) is 5.85. The normalized spacial score (nSPS) is 26.6. The largest absolute Gasteiger partial charge is 0.460 e. The lowest BCUT2D eigenvalue weighted by atomic mass is 9.95. The Labute approximate surface area is 139 Å².